The second kappa shape index (κ2) is 5.52. The van der Waals surface area contributed by atoms with E-state index in [1.807, 2.05) is 25.1 Å². The van der Waals surface area contributed by atoms with Gasteiger partial charge in [0.05, 0.1) is 17.9 Å². The van der Waals surface area contributed by atoms with Crippen LogP contribution in [-0.2, 0) is 4.74 Å². The lowest BCUT2D eigenvalue weighted by Crippen LogP contribution is -2.04. The molecule has 98 valence electrons. The van der Waals surface area contributed by atoms with Gasteiger partial charge < -0.3 is 10.5 Å². The average molecular weight is 256 g/mol. The number of nitrogens with zero attached hydrogens (tertiary/aromatic N) is 1. The summed E-state index contributed by atoms with van der Waals surface area (Å²) in [5.41, 5.74) is 8.87. The standard InChI is InChI=1S/C15H16N2O2/c1-3-19-15(18)12-6-4-5-11(9-12)14-10(2)7-8-13(16)17-14/h4-9H,3H2,1-2H3,(H2,16,17). The van der Waals surface area contributed by atoms with E-state index in [9.17, 15) is 4.79 Å². The summed E-state index contributed by atoms with van der Waals surface area (Å²) in [6, 6.07) is 10.9. The SMILES string of the molecule is CCOC(=O)c1cccc(-c2nc(N)ccc2C)c1. The number of pyridine rings is 1. The van der Waals surface area contributed by atoms with Crippen molar-refractivity contribution in [1.29, 1.82) is 0 Å². The predicted octanol–water partition coefficient (Wildman–Crippen LogP) is 2.82. The Balaban J connectivity index is 2.43. The van der Waals surface area contributed by atoms with Gasteiger partial charge in [-0.05, 0) is 37.6 Å². The van der Waals surface area contributed by atoms with Crippen LogP contribution in [0.15, 0.2) is 36.4 Å². The molecular formula is C15H16N2O2. The fourth-order valence-corrected chi connectivity index (χ4v) is 1.84. The lowest BCUT2D eigenvalue weighted by Gasteiger charge is -2.08. The largest absolute Gasteiger partial charge is 0.462 e. The predicted molar refractivity (Wildman–Crippen MR) is 74.8 cm³/mol. The molecule has 2 N–H and O–H groups in total. The maximum absolute atomic E-state index is 11.7. The summed E-state index contributed by atoms with van der Waals surface area (Å²) in [5.74, 6) is 0.132. The molecule has 0 radical (unpaired) electrons. The lowest BCUT2D eigenvalue weighted by atomic mass is 10.0. The molecule has 1 aromatic heterocycles. The highest BCUT2D eigenvalue weighted by Crippen LogP contribution is 2.23. The third-order valence-electron chi connectivity index (χ3n) is 2.77. The first-order valence-electron chi connectivity index (χ1n) is 6.12. The highest BCUT2D eigenvalue weighted by Gasteiger charge is 2.10. The third-order valence-corrected chi connectivity index (χ3v) is 2.77. The molecule has 2 aromatic rings. The first-order chi connectivity index (χ1) is 9.11. The molecule has 0 atom stereocenters. The van der Waals surface area contributed by atoms with Crippen molar-refractivity contribution in [1.82, 2.24) is 4.98 Å². The maximum Gasteiger partial charge on any atom is 0.338 e. The Bertz CT molecular complexity index is 609. The number of aromatic nitrogens is 1. The number of carbonyl (C=O) groups is 1. The normalized spacial score (nSPS) is 10.2. The van der Waals surface area contributed by atoms with Gasteiger partial charge in [0.1, 0.15) is 5.82 Å². The van der Waals surface area contributed by atoms with Crippen LogP contribution in [0.4, 0.5) is 5.82 Å². The highest BCUT2D eigenvalue weighted by molar-refractivity contribution is 5.91. The van der Waals surface area contributed by atoms with Gasteiger partial charge in [-0.15, -0.1) is 0 Å². The zero-order valence-corrected chi connectivity index (χ0v) is 11.0. The molecular weight excluding hydrogens is 240 g/mol. The first-order valence-corrected chi connectivity index (χ1v) is 6.12. The van der Waals surface area contributed by atoms with E-state index in [1.54, 1.807) is 25.1 Å². The number of nitrogen functional groups attached to an aromatic ring is 1. The van der Waals surface area contributed by atoms with Crippen LogP contribution < -0.4 is 5.73 Å². The molecule has 4 nitrogen and oxygen atoms in total. The summed E-state index contributed by atoms with van der Waals surface area (Å²) in [6.07, 6.45) is 0. The summed E-state index contributed by atoms with van der Waals surface area (Å²) >= 11 is 0. The second-order valence-corrected chi connectivity index (χ2v) is 4.20. The Hall–Kier alpha value is -2.36. The Morgan fingerprint density at radius 2 is 2.11 bits per heavy atom. The number of hydrogen-bond donors (Lipinski definition) is 1. The third kappa shape index (κ3) is 2.91. The Kier molecular flexibility index (Phi) is 3.80. The molecule has 4 heteroatoms. The van der Waals surface area contributed by atoms with Gasteiger partial charge in [0.25, 0.3) is 0 Å². The van der Waals surface area contributed by atoms with Crippen LogP contribution in [0, 0.1) is 6.92 Å². The minimum atomic E-state index is -0.328. The summed E-state index contributed by atoms with van der Waals surface area (Å²) in [7, 11) is 0. The monoisotopic (exact) mass is 256 g/mol. The molecule has 0 aliphatic rings. The van der Waals surface area contributed by atoms with Crippen LogP contribution in [0.5, 0.6) is 0 Å². The van der Waals surface area contributed by atoms with E-state index in [0.29, 0.717) is 18.0 Å². The van der Waals surface area contributed by atoms with Crippen molar-refractivity contribution in [3.05, 3.63) is 47.5 Å². The van der Waals surface area contributed by atoms with E-state index in [2.05, 4.69) is 4.98 Å². The Labute approximate surface area is 112 Å². The molecule has 0 spiro atoms. The van der Waals surface area contributed by atoms with E-state index in [1.165, 1.54) is 0 Å². The number of hydrogen-bond acceptors (Lipinski definition) is 4. The van der Waals surface area contributed by atoms with Crippen molar-refractivity contribution >= 4 is 11.8 Å². The van der Waals surface area contributed by atoms with E-state index in [4.69, 9.17) is 10.5 Å². The molecule has 2 rings (SSSR count). The minimum Gasteiger partial charge on any atom is -0.462 e. The summed E-state index contributed by atoms with van der Waals surface area (Å²) in [6.45, 7) is 4.10. The Morgan fingerprint density at radius 3 is 2.84 bits per heavy atom. The number of ether oxygens (including phenoxy) is 1. The van der Waals surface area contributed by atoms with Crippen LogP contribution in [0.2, 0.25) is 0 Å². The van der Waals surface area contributed by atoms with Crippen LogP contribution in [0.3, 0.4) is 0 Å². The molecule has 0 fully saturated rings. The first kappa shape index (κ1) is 13.1. The van der Waals surface area contributed by atoms with Crippen LogP contribution in [0.25, 0.3) is 11.3 Å². The van der Waals surface area contributed by atoms with E-state index >= 15 is 0 Å². The number of esters is 1. The van der Waals surface area contributed by atoms with Gasteiger partial charge in [0, 0.05) is 5.56 Å². The number of benzene rings is 1. The van der Waals surface area contributed by atoms with E-state index in [0.717, 1.165) is 16.8 Å². The molecule has 0 saturated carbocycles. The highest BCUT2D eigenvalue weighted by atomic mass is 16.5. The van der Waals surface area contributed by atoms with Gasteiger partial charge in [-0.25, -0.2) is 9.78 Å². The number of anilines is 1. The van der Waals surface area contributed by atoms with Gasteiger partial charge in [-0.2, -0.15) is 0 Å². The summed E-state index contributed by atoms with van der Waals surface area (Å²) in [5, 5.41) is 0. The van der Waals surface area contributed by atoms with Crippen LogP contribution in [-0.4, -0.2) is 17.6 Å². The van der Waals surface area contributed by atoms with Crippen LogP contribution >= 0.6 is 0 Å². The van der Waals surface area contributed by atoms with Crippen molar-refractivity contribution in [3.8, 4) is 11.3 Å². The van der Waals surface area contributed by atoms with Gasteiger partial charge in [-0.1, -0.05) is 18.2 Å². The fourth-order valence-electron chi connectivity index (χ4n) is 1.84. The minimum absolute atomic E-state index is 0.328. The lowest BCUT2D eigenvalue weighted by molar-refractivity contribution is 0.0526. The van der Waals surface area contributed by atoms with Crippen molar-refractivity contribution in [2.75, 3.05) is 12.3 Å². The van der Waals surface area contributed by atoms with Gasteiger partial charge >= 0.3 is 5.97 Å². The number of rotatable bonds is 3. The number of aryl methyl sites for hydroxylation is 1. The molecule has 0 amide bonds. The molecule has 0 bridgehead atoms. The van der Waals surface area contributed by atoms with Gasteiger partial charge in [-0.3, -0.25) is 0 Å². The molecule has 0 unspecified atom stereocenters. The van der Waals surface area contributed by atoms with Crippen molar-refractivity contribution in [2.45, 2.75) is 13.8 Å². The topological polar surface area (TPSA) is 65.2 Å². The summed E-state index contributed by atoms with van der Waals surface area (Å²) in [4.78, 5) is 16.0. The number of nitrogens with two attached hydrogens (primary N) is 1. The maximum atomic E-state index is 11.7. The quantitative estimate of drug-likeness (QED) is 0.857. The van der Waals surface area contributed by atoms with E-state index in [-0.39, 0.29) is 5.97 Å². The molecule has 0 aliphatic heterocycles. The zero-order chi connectivity index (χ0) is 13.8. The van der Waals surface area contributed by atoms with Crippen molar-refractivity contribution < 1.29 is 9.53 Å². The molecule has 19 heavy (non-hydrogen) atoms. The average Bonchev–Trinajstić information content (AvgIpc) is 2.42. The molecule has 1 aromatic carbocycles. The Morgan fingerprint density at radius 1 is 1.32 bits per heavy atom. The molecule has 0 aliphatic carbocycles. The second-order valence-electron chi connectivity index (χ2n) is 4.20. The smallest absolute Gasteiger partial charge is 0.338 e. The van der Waals surface area contributed by atoms with Gasteiger partial charge in [0.15, 0.2) is 0 Å². The van der Waals surface area contributed by atoms with Crippen molar-refractivity contribution in [3.63, 3.8) is 0 Å². The zero-order valence-electron chi connectivity index (χ0n) is 11.0. The van der Waals surface area contributed by atoms with Crippen LogP contribution in [0.1, 0.15) is 22.8 Å². The summed E-state index contributed by atoms with van der Waals surface area (Å²) < 4.78 is 4.99. The van der Waals surface area contributed by atoms with Gasteiger partial charge in [0.2, 0.25) is 0 Å². The molecule has 0 saturated heterocycles. The molecule has 1 heterocycles. The van der Waals surface area contributed by atoms with Crippen molar-refractivity contribution in [2.24, 2.45) is 0 Å². The fraction of sp³-hybridized carbons (Fsp3) is 0.200. The number of carbonyl (C=O) groups excluding carboxylic acids is 1. The van der Waals surface area contributed by atoms with E-state index < -0.39 is 0 Å².